The predicted octanol–water partition coefficient (Wildman–Crippen LogP) is 3.65. The van der Waals surface area contributed by atoms with Crippen LogP contribution in [0.3, 0.4) is 0 Å². The van der Waals surface area contributed by atoms with Gasteiger partial charge >= 0.3 is 12.1 Å². The summed E-state index contributed by atoms with van der Waals surface area (Å²) in [4.78, 5) is 31.6. The summed E-state index contributed by atoms with van der Waals surface area (Å²) in [5.74, 6) is 0.258. The summed E-state index contributed by atoms with van der Waals surface area (Å²) in [7, 11) is 0. The largest absolute Gasteiger partial charge is 0.443 e. The fraction of sp³-hybridized carbons (Fsp3) is 0.550. The molecular formula is C20H25ClN4O4. The van der Waals surface area contributed by atoms with Crippen molar-refractivity contribution >= 4 is 40.7 Å². The van der Waals surface area contributed by atoms with Gasteiger partial charge in [-0.3, -0.25) is 4.79 Å². The van der Waals surface area contributed by atoms with E-state index < -0.39 is 11.7 Å². The van der Waals surface area contributed by atoms with E-state index in [9.17, 15) is 9.59 Å². The van der Waals surface area contributed by atoms with Crippen LogP contribution in [0.4, 0.5) is 10.8 Å². The summed E-state index contributed by atoms with van der Waals surface area (Å²) >= 11 is 6.19. The maximum absolute atomic E-state index is 13.0. The zero-order valence-corrected chi connectivity index (χ0v) is 17.5. The highest BCUT2D eigenvalue weighted by Crippen LogP contribution is 2.30. The summed E-state index contributed by atoms with van der Waals surface area (Å²) in [6.45, 7) is 8.34. The van der Waals surface area contributed by atoms with Gasteiger partial charge in [-0.05, 0) is 58.7 Å². The van der Waals surface area contributed by atoms with E-state index in [0.717, 1.165) is 32.5 Å². The molecule has 1 aromatic heterocycles. The van der Waals surface area contributed by atoms with E-state index in [0.29, 0.717) is 27.6 Å². The summed E-state index contributed by atoms with van der Waals surface area (Å²) in [6.07, 6.45) is 1.52. The van der Waals surface area contributed by atoms with Crippen LogP contribution in [0.25, 0.3) is 11.1 Å². The number of nitrogens with zero attached hydrogens (tertiary/aromatic N) is 2. The summed E-state index contributed by atoms with van der Waals surface area (Å²) < 4.78 is 10.8. The molecule has 9 heteroatoms. The molecule has 2 bridgehead atoms. The molecule has 2 N–H and O–H groups in total. The number of oxazole rings is 1. The van der Waals surface area contributed by atoms with Gasteiger partial charge in [0.05, 0.1) is 5.56 Å². The molecule has 0 aliphatic carbocycles. The minimum atomic E-state index is -0.687. The lowest BCUT2D eigenvalue weighted by Gasteiger charge is -2.44. The normalized spacial score (nSPS) is 23.8. The smallest absolute Gasteiger partial charge is 0.415 e. The van der Waals surface area contributed by atoms with Gasteiger partial charge in [-0.25, -0.2) is 10.1 Å². The maximum Gasteiger partial charge on any atom is 0.415 e. The van der Waals surface area contributed by atoms with E-state index in [1.807, 2.05) is 0 Å². The van der Waals surface area contributed by atoms with Crippen LogP contribution in [0.15, 0.2) is 16.5 Å². The lowest BCUT2D eigenvalue weighted by atomic mass is 9.84. The molecule has 3 aliphatic heterocycles. The predicted molar refractivity (Wildman–Crippen MR) is 109 cm³/mol. The Hall–Kier alpha value is -2.32. The van der Waals surface area contributed by atoms with Gasteiger partial charge in [0.1, 0.15) is 11.1 Å². The van der Waals surface area contributed by atoms with Crippen molar-refractivity contribution in [2.75, 3.05) is 25.0 Å². The molecule has 4 heterocycles. The molecule has 0 radical (unpaired) electrons. The Kier molecular flexibility index (Phi) is 5.16. The molecule has 0 saturated carbocycles. The Bertz CT molecular complexity index is 944. The highest BCUT2D eigenvalue weighted by atomic mass is 35.5. The highest BCUT2D eigenvalue weighted by Gasteiger charge is 2.35. The molecule has 1 atom stereocenters. The van der Waals surface area contributed by atoms with Crippen molar-refractivity contribution in [2.45, 2.75) is 45.3 Å². The first-order valence-corrected chi connectivity index (χ1v) is 10.2. The fourth-order valence-corrected chi connectivity index (χ4v) is 4.20. The van der Waals surface area contributed by atoms with E-state index in [4.69, 9.17) is 20.8 Å². The number of piperidine rings is 3. The topological polar surface area (TPSA) is 96.7 Å². The number of nitrogens with one attached hydrogen (secondary N) is 2. The second-order valence-corrected chi connectivity index (χ2v) is 9.10. The molecule has 1 aromatic carbocycles. The molecule has 2 amide bonds. The molecule has 156 valence electrons. The Morgan fingerprint density at radius 2 is 2.00 bits per heavy atom. The summed E-state index contributed by atoms with van der Waals surface area (Å²) in [5.41, 5.74) is 0.339. The van der Waals surface area contributed by atoms with Crippen molar-refractivity contribution in [1.29, 1.82) is 0 Å². The number of carbonyl (C=O) groups is 2. The molecule has 3 aliphatic rings. The standard InChI is InChI=1S/C20H25ClN4O4/c1-20(2,3)29-19(27)24-18-23-16-13(8-12(21)9-15(16)28-18)17(26)22-14-10-25-6-4-11(14)5-7-25/h8-9,11,14H,4-7,10H2,1-3H3,(H,22,26)(H,23,24,27). The number of rotatable bonds is 3. The Morgan fingerprint density at radius 1 is 1.28 bits per heavy atom. The van der Waals surface area contributed by atoms with Crippen LogP contribution < -0.4 is 10.6 Å². The quantitative estimate of drug-likeness (QED) is 0.786. The zero-order chi connectivity index (χ0) is 20.8. The van der Waals surface area contributed by atoms with Crippen molar-refractivity contribution in [1.82, 2.24) is 15.2 Å². The number of carbonyl (C=O) groups excluding carboxylic acids is 2. The van der Waals surface area contributed by atoms with Gasteiger partial charge in [-0.1, -0.05) is 11.6 Å². The highest BCUT2D eigenvalue weighted by molar-refractivity contribution is 6.32. The number of fused-ring (bicyclic) bond motifs is 4. The second kappa shape index (κ2) is 7.50. The zero-order valence-electron chi connectivity index (χ0n) is 16.8. The Balaban J connectivity index is 1.55. The van der Waals surface area contributed by atoms with E-state index in [2.05, 4.69) is 20.5 Å². The van der Waals surface area contributed by atoms with Gasteiger partial charge in [0.25, 0.3) is 5.91 Å². The van der Waals surface area contributed by atoms with Crippen molar-refractivity contribution in [3.8, 4) is 0 Å². The van der Waals surface area contributed by atoms with Gasteiger partial charge in [0.15, 0.2) is 5.58 Å². The fourth-order valence-electron chi connectivity index (χ4n) is 3.99. The van der Waals surface area contributed by atoms with Gasteiger partial charge in [0, 0.05) is 23.7 Å². The van der Waals surface area contributed by atoms with Crippen LogP contribution in [-0.4, -0.2) is 53.2 Å². The van der Waals surface area contributed by atoms with Gasteiger partial charge in [0.2, 0.25) is 0 Å². The Morgan fingerprint density at radius 3 is 2.62 bits per heavy atom. The van der Waals surface area contributed by atoms with E-state index >= 15 is 0 Å². The van der Waals surface area contributed by atoms with Crippen LogP contribution in [-0.2, 0) is 4.74 Å². The average molecular weight is 421 g/mol. The van der Waals surface area contributed by atoms with Crippen molar-refractivity contribution < 1.29 is 18.7 Å². The van der Waals surface area contributed by atoms with Gasteiger partial charge in [-0.15, -0.1) is 0 Å². The molecule has 2 aromatic rings. The number of aromatic nitrogens is 1. The number of hydrogen-bond acceptors (Lipinski definition) is 6. The lowest BCUT2D eigenvalue weighted by molar-refractivity contribution is 0.0618. The molecule has 5 rings (SSSR count). The third-order valence-corrected chi connectivity index (χ3v) is 5.50. The first-order chi connectivity index (χ1) is 13.7. The monoisotopic (exact) mass is 420 g/mol. The number of anilines is 1. The number of ether oxygens (including phenoxy) is 1. The van der Waals surface area contributed by atoms with E-state index in [1.165, 1.54) is 0 Å². The van der Waals surface area contributed by atoms with Crippen molar-refractivity contribution in [3.63, 3.8) is 0 Å². The first-order valence-electron chi connectivity index (χ1n) is 9.81. The molecule has 0 spiro atoms. The summed E-state index contributed by atoms with van der Waals surface area (Å²) in [6, 6.07) is 3.20. The van der Waals surface area contributed by atoms with Crippen LogP contribution >= 0.6 is 11.6 Å². The maximum atomic E-state index is 13.0. The minimum absolute atomic E-state index is 0.0478. The van der Waals surface area contributed by atoms with Crippen molar-refractivity contribution in [3.05, 3.63) is 22.7 Å². The Labute approximate surface area is 173 Å². The number of amides is 2. The molecule has 1 unspecified atom stereocenters. The summed E-state index contributed by atoms with van der Waals surface area (Å²) in [5, 5.41) is 5.95. The van der Waals surface area contributed by atoms with Crippen LogP contribution in [0.2, 0.25) is 5.02 Å². The third-order valence-electron chi connectivity index (χ3n) is 5.28. The molecule has 8 nitrogen and oxygen atoms in total. The number of hydrogen-bond donors (Lipinski definition) is 2. The first kappa shape index (κ1) is 20.0. The van der Waals surface area contributed by atoms with Crippen molar-refractivity contribution in [2.24, 2.45) is 5.92 Å². The SMILES string of the molecule is CC(C)(C)OC(=O)Nc1nc2c(C(=O)NC3CN4CCC3CC4)cc(Cl)cc2o1. The van der Waals surface area contributed by atoms with Crippen LogP contribution in [0.5, 0.6) is 0 Å². The third kappa shape index (κ3) is 4.48. The van der Waals surface area contributed by atoms with E-state index in [-0.39, 0.29) is 18.0 Å². The van der Waals surface area contributed by atoms with Gasteiger partial charge < -0.3 is 19.4 Å². The molecule has 3 fully saturated rings. The number of halogens is 1. The van der Waals surface area contributed by atoms with E-state index in [1.54, 1.807) is 32.9 Å². The van der Waals surface area contributed by atoms with Crippen LogP contribution in [0, 0.1) is 5.92 Å². The second-order valence-electron chi connectivity index (χ2n) is 8.66. The lowest BCUT2D eigenvalue weighted by Crippen LogP contribution is -2.57. The number of benzene rings is 1. The average Bonchev–Trinajstić information content (AvgIpc) is 3.02. The molecular weight excluding hydrogens is 396 g/mol. The van der Waals surface area contributed by atoms with Gasteiger partial charge in [-0.2, -0.15) is 4.98 Å². The minimum Gasteiger partial charge on any atom is -0.443 e. The van der Waals surface area contributed by atoms with Crippen LogP contribution in [0.1, 0.15) is 44.0 Å². The molecule has 3 saturated heterocycles. The molecule has 29 heavy (non-hydrogen) atoms.